The van der Waals surface area contributed by atoms with Gasteiger partial charge < -0.3 is 25.2 Å². The Morgan fingerprint density at radius 2 is 1.82 bits per heavy atom. The van der Waals surface area contributed by atoms with E-state index >= 15 is 0 Å². The number of carbonyl (C=O) groups is 3. The fourth-order valence-corrected chi connectivity index (χ4v) is 8.68. The van der Waals surface area contributed by atoms with Crippen LogP contribution in [0.5, 0.6) is 11.5 Å². The molecule has 0 spiro atoms. The number of carboxylic acid groups (broad SMARTS) is 1. The maximum atomic E-state index is 12.8. The number of rotatable bonds is 14. The molecule has 298 valence electrons. The van der Waals surface area contributed by atoms with E-state index in [0.717, 1.165) is 61.3 Å². The van der Waals surface area contributed by atoms with Gasteiger partial charge >= 0.3 is 5.97 Å². The monoisotopic (exact) mass is 771 g/mol. The van der Waals surface area contributed by atoms with Gasteiger partial charge in [0.05, 0.1) is 11.5 Å². The number of fused-ring (bicyclic) bond motifs is 3. The van der Waals surface area contributed by atoms with Crippen LogP contribution in [0.15, 0.2) is 83.7 Å². The van der Waals surface area contributed by atoms with E-state index in [4.69, 9.17) is 14.6 Å². The number of amides is 2. The molecule has 0 bridgehead atoms. The number of aliphatic carboxylic acids is 1. The van der Waals surface area contributed by atoms with Crippen LogP contribution in [-0.2, 0) is 26.4 Å². The Kier molecular flexibility index (Phi) is 11.5. The molecule has 1 saturated heterocycles. The number of carbonyl (C=O) groups excluding carboxylic acids is 2. The van der Waals surface area contributed by atoms with Crippen molar-refractivity contribution in [2.24, 2.45) is 5.92 Å². The third kappa shape index (κ3) is 8.61. The predicted molar refractivity (Wildman–Crippen MR) is 223 cm³/mol. The van der Waals surface area contributed by atoms with Gasteiger partial charge in [-0.05, 0) is 130 Å². The summed E-state index contributed by atoms with van der Waals surface area (Å²) in [6.07, 6.45) is 11.6. The lowest BCUT2D eigenvalue weighted by Gasteiger charge is -2.27. The molecule has 2 amide bonds. The second-order valence-electron chi connectivity index (χ2n) is 16.7. The van der Waals surface area contributed by atoms with Crippen LogP contribution in [0.25, 0.3) is 6.08 Å². The lowest BCUT2D eigenvalue weighted by molar-refractivity contribution is -0.438. The number of anilines is 1. The van der Waals surface area contributed by atoms with Gasteiger partial charge in [-0.3, -0.25) is 19.7 Å². The van der Waals surface area contributed by atoms with E-state index in [9.17, 15) is 14.4 Å². The van der Waals surface area contributed by atoms with Crippen molar-refractivity contribution in [1.29, 1.82) is 0 Å². The number of hydrogen-bond acceptors (Lipinski definition) is 6. The van der Waals surface area contributed by atoms with Gasteiger partial charge in [-0.25, -0.2) is 0 Å². The molecule has 10 heteroatoms. The molecule has 3 aliphatic heterocycles. The second kappa shape index (κ2) is 16.5. The van der Waals surface area contributed by atoms with E-state index in [2.05, 4.69) is 78.6 Å². The van der Waals surface area contributed by atoms with Crippen LogP contribution in [0.4, 0.5) is 11.4 Å². The van der Waals surface area contributed by atoms with Crippen LogP contribution >= 0.6 is 0 Å². The van der Waals surface area contributed by atoms with Crippen molar-refractivity contribution in [3.63, 3.8) is 0 Å². The zero-order valence-corrected chi connectivity index (χ0v) is 34.0. The normalized spacial score (nSPS) is 19.6. The zero-order chi connectivity index (χ0) is 40.4. The van der Waals surface area contributed by atoms with Gasteiger partial charge in [-0.1, -0.05) is 32.0 Å². The third-order valence-electron chi connectivity index (χ3n) is 11.5. The number of nitrogens with one attached hydrogen (secondary N) is 3. The summed E-state index contributed by atoms with van der Waals surface area (Å²) in [5.74, 6) is 1.25. The molecule has 0 radical (unpaired) electrons. The predicted octanol–water partition coefficient (Wildman–Crippen LogP) is 8.38. The van der Waals surface area contributed by atoms with Gasteiger partial charge in [-0.2, -0.15) is 4.58 Å². The van der Waals surface area contributed by atoms with Crippen LogP contribution in [0.1, 0.15) is 100 Å². The van der Waals surface area contributed by atoms with Crippen molar-refractivity contribution >= 4 is 40.9 Å². The number of benzene rings is 3. The van der Waals surface area contributed by atoms with E-state index in [-0.39, 0.29) is 35.6 Å². The molecule has 10 nitrogen and oxygen atoms in total. The van der Waals surface area contributed by atoms with Crippen molar-refractivity contribution in [2.75, 3.05) is 11.9 Å². The molecule has 2 unspecified atom stereocenters. The van der Waals surface area contributed by atoms with E-state index in [1.165, 1.54) is 39.2 Å². The first kappa shape index (κ1) is 39.7. The molecule has 0 aromatic heterocycles. The average molecular weight is 772 g/mol. The number of carboxylic acids is 1. The molecule has 3 aromatic rings. The summed E-state index contributed by atoms with van der Waals surface area (Å²) in [5, 5.41) is 17.8. The minimum atomic E-state index is -0.768. The highest BCUT2D eigenvalue weighted by atomic mass is 16.5. The summed E-state index contributed by atoms with van der Waals surface area (Å²) in [5.41, 5.74) is 11.2. The molecule has 4 N–H and O–H groups in total. The third-order valence-corrected chi connectivity index (χ3v) is 11.5. The summed E-state index contributed by atoms with van der Waals surface area (Å²) in [6.45, 7) is 14.0. The van der Waals surface area contributed by atoms with Crippen LogP contribution < -0.4 is 25.4 Å². The zero-order valence-electron chi connectivity index (χ0n) is 34.0. The Balaban J connectivity index is 1.04. The minimum absolute atomic E-state index is 0.0807. The van der Waals surface area contributed by atoms with Gasteiger partial charge in [0.2, 0.25) is 11.6 Å². The van der Waals surface area contributed by atoms with Crippen LogP contribution in [0, 0.1) is 19.8 Å². The largest absolute Gasteiger partial charge is 0.489 e. The molecule has 1 aliphatic carbocycles. The molecule has 2 atom stereocenters. The van der Waals surface area contributed by atoms with Crippen molar-refractivity contribution in [3.05, 3.63) is 111 Å². The van der Waals surface area contributed by atoms with Crippen molar-refractivity contribution in [2.45, 2.75) is 111 Å². The maximum Gasteiger partial charge on any atom is 0.303 e. The summed E-state index contributed by atoms with van der Waals surface area (Å²) in [6, 6.07) is 17.6. The van der Waals surface area contributed by atoms with Crippen molar-refractivity contribution < 1.29 is 33.5 Å². The maximum absolute atomic E-state index is 12.8. The molecule has 7 rings (SSSR count). The fraction of sp³-hybridized carbons (Fsp3) is 0.404. The Labute approximate surface area is 335 Å². The smallest absolute Gasteiger partial charge is 0.303 e. The number of hydrogen-bond donors (Lipinski definition) is 4. The number of aryl methyl sites for hydroxylation is 2. The molecule has 57 heavy (non-hydrogen) atoms. The molecular formula is C47H55N4O6+. The van der Waals surface area contributed by atoms with Gasteiger partial charge in [0.15, 0.2) is 11.9 Å². The summed E-state index contributed by atoms with van der Waals surface area (Å²) < 4.78 is 15.4. The number of allylic oxidation sites excluding steroid dienone is 4. The summed E-state index contributed by atoms with van der Waals surface area (Å²) in [4.78, 5) is 36.1. The number of nitrogens with zero attached hydrogens (tertiary/aromatic N) is 1. The van der Waals surface area contributed by atoms with Crippen LogP contribution in [0.2, 0.25) is 0 Å². The number of ether oxygens (including phenoxy) is 2. The Hall–Kier alpha value is -5.48. The van der Waals surface area contributed by atoms with Gasteiger partial charge in [0.25, 0.3) is 5.91 Å². The Morgan fingerprint density at radius 3 is 2.56 bits per heavy atom. The average Bonchev–Trinajstić information content (AvgIpc) is 3.66. The number of unbranched alkanes of at least 4 members (excludes halogenated alkanes) is 2. The van der Waals surface area contributed by atoms with Crippen LogP contribution in [-0.4, -0.2) is 51.9 Å². The Morgan fingerprint density at radius 1 is 1.04 bits per heavy atom. The van der Waals surface area contributed by atoms with E-state index < -0.39 is 12.1 Å². The minimum Gasteiger partial charge on any atom is -0.489 e. The molecule has 0 saturated carbocycles. The lowest BCUT2D eigenvalue weighted by Crippen LogP contribution is -2.45. The van der Waals surface area contributed by atoms with Crippen molar-refractivity contribution in [3.8, 4) is 11.5 Å². The lowest BCUT2D eigenvalue weighted by atomic mass is 9.78. The molecule has 1 fully saturated rings. The second-order valence-corrected chi connectivity index (χ2v) is 16.7. The first-order valence-electron chi connectivity index (χ1n) is 20.3. The van der Waals surface area contributed by atoms with E-state index in [1.807, 2.05) is 56.3 Å². The molecule has 4 aliphatic rings. The molecule has 3 heterocycles. The topological polar surface area (TPSA) is 129 Å². The highest BCUT2D eigenvalue weighted by Crippen LogP contribution is 2.44. The van der Waals surface area contributed by atoms with E-state index in [0.29, 0.717) is 24.5 Å². The summed E-state index contributed by atoms with van der Waals surface area (Å²) >= 11 is 0. The SMILES string of the molecule is Cc1cc(C)c2c(c1)[N+](CCCCCC(=O)O)=C(/C=C/C1=C3Oc4cc(OCc5ccc(NC(=O)C6NC(=O)C(C(C)C)N6)cc5)ccc4C=C3CCC1)C2(C)C. The molecule has 3 aromatic carbocycles. The van der Waals surface area contributed by atoms with Gasteiger partial charge in [0, 0.05) is 47.9 Å². The quantitative estimate of drug-likeness (QED) is 0.0958. The van der Waals surface area contributed by atoms with Gasteiger partial charge in [-0.15, -0.1) is 0 Å². The first-order chi connectivity index (χ1) is 27.3. The fourth-order valence-electron chi connectivity index (χ4n) is 8.68. The summed E-state index contributed by atoms with van der Waals surface area (Å²) in [7, 11) is 0. The standard InChI is InChI=1S/C47H54N4O6/c1-28(2)42-45(54)50-44(49-42)46(55)48-35-18-14-31(15-19-35)27-56-36-20-16-33-25-34-12-10-11-32(43(34)57-38(33)26-36)17-21-39-47(5,6)41-30(4)23-29(3)24-37(41)51(39)22-9-7-8-13-40(52)53/h14-21,23-26,28,42,44,49H,7-13,22,27H2,1-6H3,(H2-,48,50,52,53,54,55)/p+1/b21-17+. The molecular weight excluding hydrogens is 717 g/mol. The van der Waals surface area contributed by atoms with Crippen molar-refractivity contribution in [1.82, 2.24) is 10.6 Å². The Bertz CT molecular complexity index is 2210. The highest BCUT2D eigenvalue weighted by molar-refractivity contribution is 6.04. The first-order valence-corrected chi connectivity index (χ1v) is 20.3. The van der Waals surface area contributed by atoms with Crippen LogP contribution in [0.3, 0.4) is 0 Å². The highest BCUT2D eigenvalue weighted by Gasteiger charge is 2.45. The van der Waals surface area contributed by atoms with E-state index in [1.54, 1.807) is 0 Å². The van der Waals surface area contributed by atoms with Gasteiger partial charge in [0.1, 0.15) is 30.4 Å².